The maximum atomic E-state index is 8.28. The Kier molecular flexibility index (Phi) is 6.76. The van der Waals surface area contributed by atoms with Crippen LogP contribution in [0.25, 0.3) is 0 Å². The Morgan fingerprint density at radius 2 is 2.09 bits per heavy atom. The van der Waals surface area contributed by atoms with Gasteiger partial charge in [-0.05, 0) is 12.0 Å². The first-order valence-electron chi connectivity index (χ1n) is 3.97. The molecule has 0 N–H and O–H groups in total. The summed E-state index contributed by atoms with van der Waals surface area (Å²) in [5.41, 5.74) is 0. The maximum absolute atomic E-state index is 8.28. The molecule has 11 heavy (non-hydrogen) atoms. The third kappa shape index (κ3) is 5.62. The van der Waals surface area contributed by atoms with Gasteiger partial charge in [0.1, 0.15) is 0 Å². The van der Waals surface area contributed by atoms with Crippen molar-refractivity contribution in [3.05, 3.63) is 25.3 Å². The number of hydrogen-bond donors (Lipinski definition) is 0. The van der Waals surface area contributed by atoms with Gasteiger partial charge in [0.15, 0.2) is 0 Å². The van der Waals surface area contributed by atoms with Crippen LogP contribution < -0.4 is 0 Å². The number of allylic oxidation sites excluding steroid dienone is 2. The Balaban J connectivity index is 3.29. The minimum atomic E-state index is -0.0341. The molecular formula is C9H15NSi. The molecule has 0 aromatic heterocycles. The van der Waals surface area contributed by atoms with E-state index in [-0.39, 0.29) is 9.52 Å². The van der Waals surface area contributed by atoms with Gasteiger partial charge in [0, 0.05) is 15.9 Å². The van der Waals surface area contributed by atoms with Crippen LogP contribution in [-0.4, -0.2) is 9.52 Å². The molecule has 0 saturated carbocycles. The van der Waals surface area contributed by atoms with Crippen LogP contribution in [0.2, 0.25) is 12.1 Å². The van der Waals surface area contributed by atoms with E-state index in [1.165, 1.54) is 6.04 Å². The van der Waals surface area contributed by atoms with Crippen molar-refractivity contribution in [1.82, 2.24) is 0 Å². The van der Waals surface area contributed by atoms with Gasteiger partial charge >= 0.3 is 0 Å². The van der Waals surface area contributed by atoms with Gasteiger partial charge in [-0.15, -0.1) is 13.2 Å². The average Bonchev–Trinajstić information content (AvgIpc) is 2.05. The van der Waals surface area contributed by atoms with Gasteiger partial charge in [0.05, 0.1) is 6.07 Å². The molecule has 0 amide bonds. The Hall–Kier alpha value is -0.813. The minimum absolute atomic E-state index is 0.0341. The zero-order chi connectivity index (χ0) is 8.53. The first-order valence-corrected chi connectivity index (χ1v) is 5.97. The smallest absolute Gasteiger partial charge is 0.0618 e. The maximum Gasteiger partial charge on any atom is 0.0618 e. The Bertz CT molecular complexity index is 149. The molecule has 0 aliphatic carbocycles. The van der Waals surface area contributed by atoms with Crippen LogP contribution in [0, 0.1) is 17.2 Å². The van der Waals surface area contributed by atoms with Gasteiger partial charge in [-0.3, -0.25) is 0 Å². The molecular weight excluding hydrogens is 150 g/mol. The van der Waals surface area contributed by atoms with Crippen LogP contribution in [0.3, 0.4) is 0 Å². The molecule has 0 atom stereocenters. The molecule has 0 aliphatic rings. The minimum Gasteiger partial charge on any atom is -0.198 e. The van der Waals surface area contributed by atoms with E-state index in [1.54, 1.807) is 0 Å². The fourth-order valence-corrected chi connectivity index (χ4v) is 2.56. The monoisotopic (exact) mass is 165 g/mol. The van der Waals surface area contributed by atoms with E-state index in [0.717, 1.165) is 12.5 Å². The highest BCUT2D eigenvalue weighted by atomic mass is 28.2. The van der Waals surface area contributed by atoms with Crippen molar-refractivity contribution in [2.24, 2.45) is 5.92 Å². The number of nitriles is 1. The number of hydrogen-bond acceptors (Lipinski definition) is 1. The summed E-state index contributed by atoms with van der Waals surface area (Å²) < 4.78 is 0. The van der Waals surface area contributed by atoms with E-state index in [4.69, 9.17) is 5.26 Å². The summed E-state index contributed by atoms with van der Waals surface area (Å²) in [4.78, 5) is 0. The number of nitrogens with zero attached hydrogens (tertiary/aromatic N) is 1. The molecule has 0 radical (unpaired) electrons. The lowest BCUT2D eigenvalue weighted by atomic mass is 10.2. The summed E-state index contributed by atoms with van der Waals surface area (Å²) >= 11 is 0. The van der Waals surface area contributed by atoms with Gasteiger partial charge in [-0.2, -0.15) is 5.26 Å². The third-order valence-corrected chi connectivity index (χ3v) is 3.61. The summed E-state index contributed by atoms with van der Waals surface area (Å²) in [5, 5.41) is 8.28. The van der Waals surface area contributed by atoms with Gasteiger partial charge in [0.25, 0.3) is 0 Å². The lowest BCUT2D eigenvalue weighted by Gasteiger charge is -2.03. The van der Waals surface area contributed by atoms with Crippen molar-refractivity contribution < 1.29 is 0 Å². The SMILES string of the molecule is C=CC(C=C)C[SiH2]CCC#N. The summed E-state index contributed by atoms with van der Waals surface area (Å²) in [6, 6.07) is 4.51. The molecule has 0 bridgehead atoms. The molecule has 60 valence electrons. The lowest BCUT2D eigenvalue weighted by Crippen LogP contribution is -1.96. The van der Waals surface area contributed by atoms with Crippen LogP contribution in [0.5, 0.6) is 0 Å². The second-order valence-corrected chi connectivity index (χ2v) is 4.53. The van der Waals surface area contributed by atoms with Gasteiger partial charge in [-0.25, -0.2) is 0 Å². The molecule has 0 aromatic rings. The molecule has 2 heteroatoms. The van der Waals surface area contributed by atoms with Crippen molar-refractivity contribution in [1.29, 1.82) is 5.26 Å². The van der Waals surface area contributed by atoms with Crippen molar-refractivity contribution in [3.63, 3.8) is 0 Å². The van der Waals surface area contributed by atoms with Crippen LogP contribution >= 0.6 is 0 Å². The van der Waals surface area contributed by atoms with E-state index in [2.05, 4.69) is 19.2 Å². The Labute approximate surface area is 71.2 Å². The van der Waals surface area contributed by atoms with Crippen molar-refractivity contribution in [3.8, 4) is 6.07 Å². The summed E-state index contributed by atoms with van der Waals surface area (Å²) in [5.74, 6) is 0.486. The quantitative estimate of drug-likeness (QED) is 0.335. The fraction of sp³-hybridized carbons (Fsp3) is 0.444. The van der Waals surface area contributed by atoms with Crippen molar-refractivity contribution >= 4 is 9.52 Å². The van der Waals surface area contributed by atoms with Crippen molar-refractivity contribution in [2.75, 3.05) is 0 Å². The van der Waals surface area contributed by atoms with Crippen molar-refractivity contribution in [2.45, 2.75) is 18.5 Å². The first kappa shape index (κ1) is 10.2. The van der Waals surface area contributed by atoms with Crippen LogP contribution in [0.15, 0.2) is 25.3 Å². The standard InChI is InChI=1S/C9H15NSi/c1-3-9(4-2)8-11-7-5-6-10/h3-4,9H,1-2,5,7-8,11H2. The predicted molar refractivity (Wildman–Crippen MR) is 52.3 cm³/mol. The molecule has 0 rings (SSSR count). The van der Waals surface area contributed by atoms with E-state index in [1.807, 2.05) is 12.2 Å². The summed E-state index contributed by atoms with van der Waals surface area (Å²) in [6.45, 7) is 7.43. The predicted octanol–water partition coefficient (Wildman–Crippen LogP) is 1.89. The van der Waals surface area contributed by atoms with E-state index >= 15 is 0 Å². The van der Waals surface area contributed by atoms with Gasteiger partial charge < -0.3 is 0 Å². The van der Waals surface area contributed by atoms with Gasteiger partial charge in [0.2, 0.25) is 0 Å². The largest absolute Gasteiger partial charge is 0.198 e. The topological polar surface area (TPSA) is 23.8 Å². The molecule has 0 saturated heterocycles. The normalized spacial score (nSPS) is 10.2. The Morgan fingerprint density at radius 1 is 1.45 bits per heavy atom. The summed E-state index contributed by atoms with van der Waals surface area (Å²) in [7, 11) is -0.0341. The fourth-order valence-electron chi connectivity index (χ4n) is 0.916. The molecule has 0 aliphatic heterocycles. The van der Waals surface area contributed by atoms with Crippen LogP contribution in [-0.2, 0) is 0 Å². The molecule has 0 fully saturated rings. The highest BCUT2D eigenvalue weighted by Crippen LogP contribution is 2.06. The highest BCUT2D eigenvalue weighted by molar-refractivity contribution is 6.35. The molecule has 0 unspecified atom stereocenters. The molecule has 0 heterocycles. The van der Waals surface area contributed by atoms with E-state index in [0.29, 0.717) is 5.92 Å². The second-order valence-electron chi connectivity index (χ2n) is 2.54. The number of rotatable bonds is 6. The van der Waals surface area contributed by atoms with Crippen LogP contribution in [0.4, 0.5) is 0 Å². The third-order valence-electron chi connectivity index (χ3n) is 1.68. The lowest BCUT2D eigenvalue weighted by molar-refractivity contribution is 0.929. The highest BCUT2D eigenvalue weighted by Gasteiger charge is 1.97. The summed E-state index contributed by atoms with van der Waals surface area (Å²) in [6.07, 6.45) is 4.60. The molecule has 0 spiro atoms. The molecule has 1 nitrogen and oxygen atoms in total. The van der Waals surface area contributed by atoms with E-state index in [9.17, 15) is 0 Å². The van der Waals surface area contributed by atoms with Crippen LogP contribution in [0.1, 0.15) is 6.42 Å². The zero-order valence-corrected chi connectivity index (χ0v) is 8.34. The van der Waals surface area contributed by atoms with Gasteiger partial charge in [-0.1, -0.05) is 18.2 Å². The zero-order valence-electron chi connectivity index (χ0n) is 6.92. The average molecular weight is 165 g/mol. The molecule has 0 aromatic carbocycles. The Morgan fingerprint density at radius 3 is 2.55 bits per heavy atom. The second kappa shape index (κ2) is 7.30. The first-order chi connectivity index (χ1) is 5.35. The van der Waals surface area contributed by atoms with E-state index < -0.39 is 0 Å².